The fourth-order valence-electron chi connectivity index (χ4n) is 11.6. The summed E-state index contributed by atoms with van der Waals surface area (Å²) in [5.41, 5.74) is 15.2. The first-order chi connectivity index (χ1) is 34.5. The second-order valence-electron chi connectivity index (χ2n) is 23.0. The lowest BCUT2D eigenvalue weighted by Crippen LogP contribution is -2.37. The van der Waals surface area contributed by atoms with Crippen LogP contribution in [0, 0.1) is 13.8 Å². The van der Waals surface area contributed by atoms with Crippen LogP contribution < -0.4 is 20.2 Å². The van der Waals surface area contributed by atoms with Gasteiger partial charge in [0.1, 0.15) is 11.2 Å². The second-order valence-corrected chi connectivity index (χ2v) is 33.2. The zero-order valence-corrected chi connectivity index (χ0v) is 45.9. The molecule has 12 rings (SSSR count). The van der Waals surface area contributed by atoms with Crippen molar-refractivity contribution in [2.24, 2.45) is 0 Å². The van der Waals surface area contributed by atoms with Crippen LogP contribution in [-0.4, -0.2) is 16.1 Å². The number of benzene rings is 10. The van der Waals surface area contributed by atoms with Gasteiger partial charge in [0.15, 0.2) is 11.2 Å². The second kappa shape index (κ2) is 16.7. The summed E-state index contributed by atoms with van der Waals surface area (Å²) in [5, 5.41) is 15.0. The Morgan fingerprint density at radius 1 is 0.375 bits per heavy atom. The smallest absolute Gasteiger partial charge is 0.159 e. The quantitative estimate of drug-likeness (QED) is 0.101. The van der Waals surface area contributed by atoms with Crippen LogP contribution >= 0.6 is 0 Å². The van der Waals surface area contributed by atoms with Crippen LogP contribution in [0.2, 0.25) is 39.3 Å². The van der Waals surface area contributed by atoms with Gasteiger partial charge in [0, 0.05) is 43.7 Å². The molecule has 0 spiro atoms. The summed E-state index contributed by atoms with van der Waals surface area (Å²) < 4.78 is 14.0. The summed E-state index contributed by atoms with van der Waals surface area (Å²) in [6.07, 6.45) is 0. The third kappa shape index (κ3) is 7.20. The summed E-state index contributed by atoms with van der Waals surface area (Å²) in [6.45, 7) is 28.4. The Bertz CT molecular complexity index is 3820. The third-order valence-corrected chi connectivity index (χ3v) is 19.7. The molecular weight excluding hydrogens is 909 g/mol. The van der Waals surface area contributed by atoms with E-state index in [9.17, 15) is 0 Å². The molecule has 0 aliphatic carbocycles. The number of para-hydroxylation sites is 2. The Morgan fingerprint density at radius 3 is 1.08 bits per heavy atom. The molecule has 72 heavy (non-hydrogen) atoms. The fourth-order valence-corrected chi connectivity index (χ4v) is 14.0. The van der Waals surface area contributed by atoms with Gasteiger partial charge in [0.2, 0.25) is 0 Å². The molecular formula is C66H64N2O2Si2. The molecule has 4 nitrogen and oxygen atoms in total. The molecule has 0 radical (unpaired) electrons. The van der Waals surface area contributed by atoms with Gasteiger partial charge >= 0.3 is 0 Å². The van der Waals surface area contributed by atoms with Crippen molar-refractivity contribution in [3.63, 3.8) is 0 Å². The summed E-state index contributed by atoms with van der Waals surface area (Å²) >= 11 is 0. The van der Waals surface area contributed by atoms with E-state index in [2.05, 4.69) is 248 Å². The molecule has 2 aromatic heterocycles. The van der Waals surface area contributed by atoms with E-state index in [-0.39, 0.29) is 11.8 Å². The van der Waals surface area contributed by atoms with Crippen molar-refractivity contribution in [1.82, 2.24) is 0 Å². The van der Waals surface area contributed by atoms with E-state index < -0.39 is 16.1 Å². The SMILES string of the molecule is Cc1ccc2c(oc3ccccc32)c1N(c1ccc([Si](C)(C)C)cc1)c1cc(C(C)C)c2ccc3c(N(c4ccc([Si](C)(C)C)cc4)c4c(C)ccc5c4oc4ccccc45)cc(C(C)C)c4ccc1c2c43. The number of furan rings is 2. The summed E-state index contributed by atoms with van der Waals surface area (Å²) in [7, 11) is -3.20. The van der Waals surface area contributed by atoms with Gasteiger partial charge in [-0.1, -0.05) is 187 Å². The number of nitrogens with zero attached hydrogens (tertiary/aromatic N) is 2. The van der Waals surface area contributed by atoms with Crippen LogP contribution in [0.15, 0.2) is 167 Å². The van der Waals surface area contributed by atoms with Crippen molar-refractivity contribution in [3.05, 3.63) is 180 Å². The molecule has 12 aromatic rings. The lowest BCUT2D eigenvalue weighted by molar-refractivity contribution is 0.668. The first-order valence-electron chi connectivity index (χ1n) is 25.9. The van der Waals surface area contributed by atoms with Crippen LogP contribution in [0.3, 0.4) is 0 Å². The molecule has 358 valence electrons. The van der Waals surface area contributed by atoms with Crippen LogP contribution in [-0.2, 0) is 0 Å². The van der Waals surface area contributed by atoms with Gasteiger partial charge in [-0.3, -0.25) is 0 Å². The number of fused-ring (bicyclic) bond motifs is 6. The number of hydrogen-bond acceptors (Lipinski definition) is 4. The molecule has 6 heteroatoms. The molecule has 0 saturated heterocycles. The molecule has 0 amide bonds. The van der Waals surface area contributed by atoms with Crippen molar-refractivity contribution in [1.29, 1.82) is 0 Å². The van der Waals surface area contributed by atoms with Crippen molar-refractivity contribution >= 4 is 137 Å². The van der Waals surface area contributed by atoms with Gasteiger partial charge < -0.3 is 18.6 Å². The van der Waals surface area contributed by atoms with Crippen molar-refractivity contribution in [2.45, 2.75) is 92.7 Å². The van der Waals surface area contributed by atoms with Crippen molar-refractivity contribution < 1.29 is 8.83 Å². The molecule has 0 saturated carbocycles. The van der Waals surface area contributed by atoms with E-state index in [0.717, 1.165) is 89.1 Å². The van der Waals surface area contributed by atoms with Crippen LogP contribution in [0.4, 0.5) is 34.1 Å². The van der Waals surface area contributed by atoms with E-state index in [1.165, 1.54) is 53.8 Å². The molecule has 0 atom stereocenters. The van der Waals surface area contributed by atoms with Gasteiger partial charge in [-0.2, -0.15) is 0 Å². The van der Waals surface area contributed by atoms with Gasteiger partial charge in [-0.25, -0.2) is 0 Å². The Balaban J connectivity index is 1.21. The Morgan fingerprint density at radius 2 is 0.722 bits per heavy atom. The zero-order valence-electron chi connectivity index (χ0n) is 43.9. The zero-order chi connectivity index (χ0) is 50.1. The van der Waals surface area contributed by atoms with E-state index in [1.54, 1.807) is 0 Å². The maximum absolute atomic E-state index is 6.98. The number of rotatable bonds is 10. The van der Waals surface area contributed by atoms with Gasteiger partial charge in [-0.15, -0.1) is 0 Å². The maximum Gasteiger partial charge on any atom is 0.159 e. The molecule has 0 bridgehead atoms. The van der Waals surface area contributed by atoms with Crippen molar-refractivity contribution in [3.8, 4) is 0 Å². The van der Waals surface area contributed by atoms with E-state index in [4.69, 9.17) is 8.83 Å². The molecule has 0 N–H and O–H groups in total. The third-order valence-electron chi connectivity index (χ3n) is 15.5. The number of aryl methyl sites for hydroxylation is 2. The van der Waals surface area contributed by atoms with Gasteiger partial charge in [-0.05, 0) is 118 Å². The van der Waals surface area contributed by atoms with Gasteiger partial charge in [0.05, 0.1) is 38.9 Å². The normalized spacial score (nSPS) is 12.7. The summed E-state index contributed by atoms with van der Waals surface area (Å²) in [4.78, 5) is 5.04. The average molecular weight is 973 g/mol. The molecule has 0 aliphatic heterocycles. The highest BCUT2D eigenvalue weighted by Crippen LogP contribution is 2.54. The lowest BCUT2D eigenvalue weighted by atomic mass is 9.84. The summed E-state index contributed by atoms with van der Waals surface area (Å²) in [6, 6.07) is 59.5. The lowest BCUT2D eigenvalue weighted by Gasteiger charge is -2.32. The predicted octanol–water partition coefficient (Wildman–Crippen LogP) is 19.3. The largest absolute Gasteiger partial charge is 0.454 e. The predicted molar refractivity (Wildman–Crippen MR) is 318 cm³/mol. The first-order valence-corrected chi connectivity index (χ1v) is 32.9. The molecule has 0 aliphatic rings. The average Bonchev–Trinajstić information content (AvgIpc) is 3.93. The molecule has 10 aromatic carbocycles. The Hall–Kier alpha value is -7.13. The monoisotopic (exact) mass is 972 g/mol. The van der Waals surface area contributed by atoms with Crippen LogP contribution in [0.25, 0.3) is 76.2 Å². The van der Waals surface area contributed by atoms with E-state index in [1.807, 2.05) is 0 Å². The van der Waals surface area contributed by atoms with E-state index >= 15 is 0 Å². The van der Waals surface area contributed by atoms with Crippen LogP contribution in [0.1, 0.15) is 61.8 Å². The Labute approximate surface area is 425 Å². The highest BCUT2D eigenvalue weighted by Gasteiger charge is 2.30. The van der Waals surface area contributed by atoms with E-state index in [0.29, 0.717) is 0 Å². The fraction of sp³-hybridized carbons (Fsp3) is 0.212. The molecule has 2 heterocycles. The first kappa shape index (κ1) is 46.0. The number of anilines is 6. The summed E-state index contributed by atoms with van der Waals surface area (Å²) in [5.74, 6) is 0.484. The van der Waals surface area contributed by atoms with Crippen LogP contribution in [0.5, 0.6) is 0 Å². The van der Waals surface area contributed by atoms with Crippen molar-refractivity contribution in [2.75, 3.05) is 9.80 Å². The maximum atomic E-state index is 6.98. The standard InChI is InChI=1S/C66H64N2O2Si2/c1-39(2)55-37-57(67(43-23-27-45(28-24-43)71(7,8)9)63-41(5)21-31-51-47-17-13-15-19-59(47)69-65(51)63)53-36-34-50-56(40(3)4)38-58(54-35-33-49(55)61(53)62(50)54)68(44-25-29-46(30-26-44)72(10,11)12)64-42(6)22-32-52-48-18-14-16-20-60(48)70-66(52)64/h13-40H,1-12H3. The Kier molecular flexibility index (Phi) is 10.7. The number of hydrogen-bond donors (Lipinski definition) is 0. The minimum atomic E-state index is -1.60. The topological polar surface area (TPSA) is 32.8 Å². The molecule has 0 fully saturated rings. The van der Waals surface area contributed by atoms with Gasteiger partial charge in [0.25, 0.3) is 0 Å². The minimum Gasteiger partial charge on any atom is -0.454 e. The highest BCUT2D eigenvalue weighted by molar-refractivity contribution is 6.89. The molecule has 0 unspecified atom stereocenters. The highest BCUT2D eigenvalue weighted by atomic mass is 28.3. The minimum absolute atomic E-state index is 0.242.